The summed E-state index contributed by atoms with van der Waals surface area (Å²) in [6.45, 7) is 0.916. The number of hydrogen-bond acceptors (Lipinski definition) is 4. The van der Waals surface area contributed by atoms with Crippen molar-refractivity contribution in [2.75, 3.05) is 18.1 Å². The van der Waals surface area contributed by atoms with Gasteiger partial charge in [-0.05, 0) is 47.7 Å². The van der Waals surface area contributed by atoms with Gasteiger partial charge in [0.15, 0.2) is 5.17 Å². The molecule has 0 fully saturated rings. The maximum Gasteiger partial charge on any atom is 0.157 e. The minimum Gasteiger partial charge on any atom is -0.358 e. The molecule has 0 bridgehead atoms. The number of benzene rings is 2. The van der Waals surface area contributed by atoms with Crippen LogP contribution in [0.15, 0.2) is 52.4 Å². The molecule has 2 aliphatic rings. The molecule has 24 heavy (non-hydrogen) atoms. The molecule has 124 valence electrons. The molecule has 0 radical (unpaired) electrons. The number of nitrogens with zero attached hydrogens (tertiary/aromatic N) is 1. The summed E-state index contributed by atoms with van der Waals surface area (Å²) in [5, 5.41) is 5.56. The molecule has 2 aromatic carbocycles. The van der Waals surface area contributed by atoms with E-state index in [1.54, 1.807) is 0 Å². The van der Waals surface area contributed by atoms with E-state index in [2.05, 4.69) is 40.6 Å². The molecule has 0 aliphatic carbocycles. The molecule has 2 aromatic rings. The number of rotatable bonds is 4. The van der Waals surface area contributed by atoms with Gasteiger partial charge in [-0.2, -0.15) is 0 Å². The van der Waals surface area contributed by atoms with Crippen molar-refractivity contribution in [3.63, 3.8) is 0 Å². The van der Waals surface area contributed by atoms with Gasteiger partial charge >= 0.3 is 0 Å². The molecule has 0 spiro atoms. The van der Waals surface area contributed by atoms with E-state index in [-0.39, 0.29) is 6.04 Å². The van der Waals surface area contributed by atoms with Gasteiger partial charge in [0, 0.05) is 21.4 Å². The Hall–Kier alpha value is -1.10. The van der Waals surface area contributed by atoms with Crippen molar-refractivity contribution in [3.8, 4) is 0 Å². The summed E-state index contributed by atoms with van der Waals surface area (Å²) >= 11 is 9.97. The van der Waals surface area contributed by atoms with Crippen LogP contribution in [0.4, 0.5) is 0 Å². The third-order valence-electron chi connectivity index (χ3n) is 4.37. The first-order valence-electron chi connectivity index (χ1n) is 8.22. The predicted octanol–water partition coefficient (Wildman–Crippen LogP) is 4.96. The quantitative estimate of drug-likeness (QED) is 0.818. The summed E-state index contributed by atoms with van der Waals surface area (Å²) in [6, 6.07) is 15.1. The SMILES string of the molecule is Clc1cccc(CC(NC2=NCCS2)c2cccc3c2CCS3)c1. The fourth-order valence-corrected chi connectivity index (χ4v) is 5.38. The monoisotopic (exact) mass is 374 g/mol. The average Bonchev–Trinajstić information content (AvgIpc) is 3.25. The summed E-state index contributed by atoms with van der Waals surface area (Å²) < 4.78 is 0. The molecule has 2 aliphatic heterocycles. The second kappa shape index (κ2) is 7.42. The highest BCUT2D eigenvalue weighted by atomic mass is 35.5. The smallest absolute Gasteiger partial charge is 0.157 e. The van der Waals surface area contributed by atoms with Crippen LogP contribution in [-0.2, 0) is 12.8 Å². The third kappa shape index (κ3) is 3.61. The first-order chi connectivity index (χ1) is 11.8. The van der Waals surface area contributed by atoms with Gasteiger partial charge in [-0.3, -0.25) is 4.99 Å². The van der Waals surface area contributed by atoms with Crippen molar-refractivity contribution in [1.29, 1.82) is 0 Å². The van der Waals surface area contributed by atoms with Crippen LogP contribution in [0.2, 0.25) is 5.02 Å². The lowest BCUT2D eigenvalue weighted by Gasteiger charge is -2.23. The molecule has 0 saturated carbocycles. The molecular weight excluding hydrogens is 356 g/mol. The molecule has 0 saturated heterocycles. The lowest BCUT2D eigenvalue weighted by molar-refractivity contribution is 0.640. The third-order valence-corrected chi connectivity index (χ3v) is 6.61. The van der Waals surface area contributed by atoms with Crippen LogP contribution in [0.25, 0.3) is 0 Å². The average molecular weight is 375 g/mol. The first kappa shape index (κ1) is 16.4. The summed E-state index contributed by atoms with van der Waals surface area (Å²) in [7, 11) is 0. The Labute approximate surface area is 156 Å². The van der Waals surface area contributed by atoms with Gasteiger partial charge < -0.3 is 5.32 Å². The maximum absolute atomic E-state index is 6.19. The van der Waals surface area contributed by atoms with Gasteiger partial charge in [-0.1, -0.05) is 47.6 Å². The maximum atomic E-state index is 6.19. The van der Waals surface area contributed by atoms with Gasteiger partial charge in [-0.25, -0.2) is 0 Å². The van der Waals surface area contributed by atoms with E-state index in [1.165, 1.54) is 27.3 Å². The summed E-state index contributed by atoms with van der Waals surface area (Å²) in [6.07, 6.45) is 2.07. The van der Waals surface area contributed by atoms with Crippen molar-refractivity contribution in [2.24, 2.45) is 4.99 Å². The molecule has 4 rings (SSSR count). The van der Waals surface area contributed by atoms with Gasteiger partial charge in [0.25, 0.3) is 0 Å². The Morgan fingerprint density at radius 3 is 2.88 bits per heavy atom. The lowest BCUT2D eigenvalue weighted by atomic mass is 9.94. The molecule has 2 heterocycles. The molecule has 1 unspecified atom stereocenters. The summed E-state index contributed by atoms with van der Waals surface area (Å²) in [5.41, 5.74) is 4.17. The van der Waals surface area contributed by atoms with Crippen LogP contribution >= 0.6 is 35.1 Å². The zero-order valence-corrected chi connectivity index (χ0v) is 15.7. The van der Waals surface area contributed by atoms with Crippen LogP contribution in [0, 0.1) is 0 Å². The number of thioether (sulfide) groups is 2. The number of amidine groups is 1. The number of halogens is 1. The molecule has 5 heteroatoms. The zero-order valence-electron chi connectivity index (χ0n) is 13.3. The van der Waals surface area contributed by atoms with E-state index in [9.17, 15) is 0 Å². The highest BCUT2D eigenvalue weighted by molar-refractivity contribution is 8.14. The summed E-state index contributed by atoms with van der Waals surface area (Å²) in [5.74, 6) is 2.26. The van der Waals surface area contributed by atoms with E-state index in [4.69, 9.17) is 11.6 Å². The van der Waals surface area contributed by atoms with E-state index in [0.29, 0.717) is 0 Å². The van der Waals surface area contributed by atoms with E-state index < -0.39 is 0 Å². The predicted molar refractivity (Wildman–Crippen MR) is 107 cm³/mol. The second-order valence-electron chi connectivity index (χ2n) is 5.99. The molecule has 1 atom stereocenters. The van der Waals surface area contributed by atoms with E-state index in [0.717, 1.165) is 35.3 Å². The lowest BCUT2D eigenvalue weighted by Crippen LogP contribution is -2.28. The van der Waals surface area contributed by atoms with Crippen LogP contribution in [0.1, 0.15) is 22.7 Å². The number of fused-ring (bicyclic) bond motifs is 1. The van der Waals surface area contributed by atoms with Crippen LogP contribution in [-0.4, -0.2) is 23.2 Å². The summed E-state index contributed by atoms with van der Waals surface area (Å²) in [4.78, 5) is 6.03. The number of nitrogens with one attached hydrogen (secondary N) is 1. The second-order valence-corrected chi connectivity index (χ2v) is 8.65. The molecular formula is C19H19ClN2S2. The molecule has 1 N–H and O–H groups in total. The van der Waals surface area contributed by atoms with Gasteiger partial charge in [-0.15, -0.1) is 11.8 Å². The topological polar surface area (TPSA) is 24.4 Å². The molecule has 2 nitrogen and oxygen atoms in total. The van der Waals surface area contributed by atoms with Gasteiger partial charge in [0.2, 0.25) is 0 Å². The van der Waals surface area contributed by atoms with Crippen molar-refractivity contribution in [1.82, 2.24) is 5.32 Å². The minimum atomic E-state index is 0.237. The fraction of sp³-hybridized carbons (Fsp3) is 0.316. The largest absolute Gasteiger partial charge is 0.358 e. The van der Waals surface area contributed by atoms with Crippen molar-refractivity contribution in [3.05, 3.63) is 64.2 Å². The van der Waals surface area contributed by atoms with Crippen molar-refractivity contribution < 1.29 is 0 Å². The standard InChI is InChI=1S/C19H19ClN2S2/c20-14-4-1-3-13(11-14)12-17(22-19-21-8-10-24-19)15-5-2-6-18-16(15)7-9-23-18/h1-6,11,17H,7-10,12H2,(H,21,22). The van der Waals surface area contributed by atoms with Crippen LogP contribution in [0.5, 0.6) is 0 Å². The number of aliphatic imine (C=N–C) groups is 1. The van der Waals surface area contributed by atoms with E-state index in [1.807, 2.05) is 35.7 Å². The fourth-order valence-electron chi connectivity index (χ4n) is 3.28. The Kier molecular flexibility index (Phi) is 5.06. The van der Waals surface area contributed by atoms with Crippen molar-refractivity contribution >= 4 is 40.3 Å². The Balaban J connectivity index is 1.66. The highest BCUT2D eigenvalue weighted by Crippen LogP contribution is 2.37. The zero-order chi connectivity index (χ0) is 16.4. The Morgan fingerprint density at radius 1 is 1.12 bits per heavy atom. The molecule has 0 aromatic heterocycles. The van der Waals surface area contributed by atoms with Crippen LogP contribution < -0.4 is 5.32 Å². The Morgan fingerprint density at radius 2 is 2.04 bits per heavy atom. The Bertz CT molecular complexity index is 776. The minimum absolute atomic E-state index is 0.237. The molecule has 0 amide bonds. The van der Waals surface area contributed by atoms with Crippen LogP contribution in [0.3, 0.4) is 0 Å². The van der Waals surface area contributed by atoms with E-state index >= 15 is 0 Å². The highest BCUT2D eigenvalue weighted by Gasteiger charge is 2.23. The van der Waals surface area contributed by atoms with Crippen molar-refractivity contribution in [2.45, 2.75) is 23.8 Å². The van der Waals surface area contributed by atoms with Gasteiger partial charge in [0.05, 0.1) is 12.6 Å². The normalized spacial score (nSPS) is 17.5. The first-order valence-corrected chi connectivity index (χ1v) is 10.6. The van der Waals surface area contributed by atoms with Gasteiger partial charge in [0.1, 0.15) is 0 Å². The number of hydrogen-bond donors (Lipinski definition) is 1.